The van der Waals surface area contributed by atoms with Crippen LogP contribution in [0.5, 0.6) is 0 Å². The molecule has 312 valence electrons. The summed E-state index contributed by atoms with van der Waals surface area (Å²) >= 11 is 0. The minimum Gasteiger partial charge on any atom is -0.453 e. The van der Waals surface area contributed by atoms with Gasteiger partial charge in [-0.1, -0.05) is 51.1 Å². The number of carbonyl (C=O) groups is 3. The van der Waals surface area contributed by atoms with Gasteiger partial charge in [0.05, 0.1) is 17.8 Å². The Morgan fingerprint density at radius 3 is 2.28 bits per heavy atom. The van der Waals surface area contributed by atoms with Crippen molar-refractivity contribution in [3.05, 3.63) is 77.8 Å². The number of rotatable bonds is 12. The molecular formula is C43H60F2N4O7Si. The molecule has 3 heterocycles. The summed E-state index contributed by atoms with van der Waals surface area (Å²) < 4.78 is 56.2. The van der Waals surface area contributed by atoms with Gasteiger partial charge in [0.25, 0.3) is 5.91 Å². The normalized spacial score (nSPS) is 19.3. The average Bonchev–Trinajstić information content (AvgIpc) is 3.71. The van der Waals surface area contributed by atoms with Crippen LogP contribution in [0.25, 0.3) is 11.3 Å². The van der Waals surface area contributed by atoms with Gasteiger partial charge in [0, 0.05) is 64.0 Å². The number of ether oxygens (including phenoxy) is 3. The van der Waals surface area contributed by atoms with Crippen LogP contribution < -0.4 is 0 Å². The summed E-state index contributed by atoms with van der Waals surface area (Å²) in [6.07, 6.45) is 0.780. The second-order valence-corrected chi connectivity index (χ2v) is 22.7. The first kappa shape index (κ1) is 44.0. The van der Waals surface area contributed by atoms with Crippen LogP contribution >= 0.6 is 0 Å². The van der Waals surface area contributed by atoms with Crippen molar-refractivity contribution in [2.24, 2.45) is 11.8 Å². The molecule has 0 spiro atoms. The molecule has 2 amide bonds. The standard InChI is InChI=1S/C43H60F2N4O7Si/c1-28(54-29(2)50)40(51)49(25-32-24-48(41(52)55-42(3,4)5)27-37(32)56-57(9,10)43(6,7)8)38(31-18-20-53-21-19-31)39-46-36(34-22-33(44)16-17-35(34)45)26-47(39)23-30-14-12-11-13-15-30/h11-17,22,26,28,31-32,37-38H,18-21,23-25,27H2,1-10H3/t28-,32-,37+,38+/m0/s1. The van der Waals surface area contributed by atoms with E-state index in [9.17, 15) is 18.8 Å². The van der Waals surface area contributed by atoms with E-state index in [-0.39, 0.29) is 47.8 Å². The molecule has 5 rings (SSSR count). The molecule has 2 saturated heterocycles. The molecule has 0 saturated carbocycles. The highest BCUT2D eigenvalue weighted by molar-refractivity contribution is 6.74. The molecule has 11 nitrogen and oxygen atoms in total. The van der Waals surface area contributed by atoms with Gasteiger partial charge in [-0.2, -0.15) is 0 Å². The SMILES string of the molecule is CC(=O)O[C@@H](C)C(=O)N(C[C@@H]1CN(C(=O)OC(C)(C)C)C[C@H]1O[Si](C)(C)C(C)(C)C)[C@@H](c1nc(-c2cc(F)ccc2F)cn1Cc1ccccc1)C1CCOCC1. The maximum absolute atomic E-state index is 15.4. The third kappa shape index (κ3) is 11.1. The second kappa shape index (κ2) is 17.8. The van der Waals surface area contributed by atoms with E-state index in [2.05, 4.69) is 33.9 Å². The van der Waals surface area contributed by atoms with Crippen LogP contribution in [-0.2, 0) is 34.8 Å². The van der Waals surface area contributed by atoms with Crippen LogP contribution in [0.15, 0.2) is 54.7 Å². The van der Waals surface area contributed by atoms with E-state index in [0.717, 1.165) is 23.8 Å². The number of nitrogens with zero attached hydrogens (tertiary/aromatic N) is 4. The van der Waals surface area contributed by atoms with Crippen LogP contribution in [0.1, 0.15) is 85.7 Å². The number of hydrogen-bond acceptors (Lipinski definition) is 8. The molecule has 0 aliphatic carbocycles. The zero-order valence-corrected chi connectivity index (χ0v) is 36.1. The first-order valence-electron chi connectivity index (χ1n) is 19.9. The van der Waals surface area contributed by atoms with E-state index in [4.69, 9.17) is 23.6 Å². The van der Waals surface area contributed by atoms with Gasteiger partial charge in [-0.3, -0.25) is 9.59 Å². The van der Waals surface area contributed by atoms with Gasteiger partial charge in [0.2, 0.25) is 0 Å². The summed E-state index contributed by atoms with van der Waals surface area (Å²) in [5, 5.41) is -0.147. The van der Waals surface area contributed by atoms with Crippen LogP contribution in [0.4, 0.5) is 13.6 Å². The van der Waals surface area contributed by atoms with E-state index in [1.165, 1.54) is 6.92 Å². The lowest BCUT2D eigenvalue weighted by Crippen LogP contribution is -2.51. The lowest BCUT2D eigenvalue weighted by Gasteiger charge is -2.43. The molecule has 57 heavy (non-hydrogen) atoms. The number of amides is 2. The van der Waals surface area contributed by atoms with Gasteiger partial charge in [0.15, 0.2) is 14.4 Å². The Bertz CT molecular complexity index is 1870. The Morgan fingerprint density at radius 1 is 1.00 bits per heavy atom. The van der Waals surface area contributed by atoms with Crippen molar-refractivity contribution < 1.29 is 41.8 Å². The third-order valence-electron chi connectivity index (χ3n) is 11.2. The maximum atomic E-state index is 15.4. The van der Waals surface area contributed by atoms with Crippen LogP contribution in [0.2, 0.25) is 18.1 Å². The van der Waals surface area contributed by atoms with Crippen LogP contribution in [0.3, 0.4) is 0 Å². The van der Waals surface area contributed by atoms with Gasteiger partial charge >= 0.3 is 12.1 Å². The fourth-order valence-corrected chi connectivity index (χ4v) is 8.72. The zero-order chi connectivity index (χ0) is 41.9. The second-order valence-electron chi connectivity index (χ2n) is 17.9. The smallest absolute Gasteiger partial charge is 0.410 e. The predicted molar refractivity (Wildman–Crippen MR) is 216 cm³/mol. The highest BCUT2D eigenvalue weighted by Crippen LogP contribution is 2.42. The predicted octanol–water partition coefficient (Wildman–Crippen LogP) is 8.38. The Balaban J connectivity index is 1.68. The lowest BCUT2D eigenvalue weighted by atomic mass is 9.88. The van der Waals surface area contributed by atoms with E-state index >= 15 is 4.39 Å². The Morgan fingerprint density at radius 2 is 1.67 bits per heavy atom. The highest BCUT2D eigenvalue weighted by atomic mass is 28.4. The number of imidazole rings is 1. The van der Waals surface area contributed by atoms with Crippen LogP contribution in [0, 0.1) is 23.5 Å². The summed E-state index contributed by atoms with van der Waals surface area (Å²) in [5.74, 6) is -2.39. The number of hydrogen-bond donors (Lipinski definition) is 0. The van der Waals surface area contributed by atoms with E-state index in [1.807, 2.05) is 55.7 Å². The van der Waals surface area contributed by atoms with Gasteiger partial charge in [-0.05, 0) is 88.3 Å². The Kier molecular flexibility index (Phi) is 13.7. The summed E-state index contributed by atoms with van der Waals surface area (Å²) in [6, 6.07) is 12.2. The Hall–Kier alpha value is -4.14. The first-order chi connectivity index (χ1) is 26.6. The van der Waals surface area contributed by atoms with Gasteiger partial charge in [-0.15, -0.1) is 0 Å². The molecule has 0 N–H and O–H groups in total. The fourth-order valence-electron chi connectivity index (χ4n) is 7.34. The van der Waals surface area contributed by atoms with Gasteiger partial charge in [0.1, 0.15) is 23.1 Å². The van der Waals surface area contributed by atoms with E-state index < -0.39 is 61.8 Å². The van der Waals surface area contributed by atoms with E-state index in [1.54, 1.807) is 22.9 Å². The van der Waals surface area contributed by atoms with Gasteiger partial charge < -0.3 is 33.0 Å². The minimum absolute atomic E-state index is 0.00780. The maximum Gasteiger partial charge on any atom is 0.410 e. The number of likely N-dealkylation sites (tertiary alicyclic amines) is 1. The Labute approximate surface area is 337 Å². The van der Waals surface area contributed by atoms with Crippen molar-refractivity contribution in [2.45, 2.75) is 117 Å². The van der Waals surface area contributed by atoms with Crippen molar-refractivity contribution in [3.8, 4) is 11.3 Å². The molecule has 14 heteroatoms. The molecule has 2 aromatic carbocycles. The molecule has 3 aromatic rings. The topological polar surface area (TPSA) is 112 Å². The summed E-state index contributed by atoms with van der Waals surface area (Å²) in [6.45, 7) is 20.9. The molecule has 0 bridgehead atoms. The number of carbonyl (C=O) groups excluding carboxylic acids is 3. The molecular weight excluding hydrogens is 751 g/mol. The summed E-state index contributed by atoms with van der Waals surface area (Å²) in [7, 11) is -2.42. The van der Waals surface area contributed by atoms with Gasteiger partial charge in [-0.25, -0.2) is 18.6 Å². The van der Waals surface area contributed by atoms with Crippen molar-refractivity contribution >= 4 is 26.3 Å². The summed E-state index contributed by atoms with van der Waals surface area (Å²) in [5.41, 5.74) is 0.416. The number of aromatic nitrogens is 2. The first-order valence-corrected chi connectivity index (χ1v) is 22.8. The lowest BCUT2D eigenvalue weighted by molar-refractivity contribution is -0.160. The average molecular weight is 811 g/mol. The number of benzene rings is 2. The molecule has 2 aliphatic rings. The molecule has 0 unspecified atom stereocenters. The molecule has 2 aliphatic heterocycles. The highest BCUT2D eigenvalue weighted by Gasteiger charge is 2.48. The summed E-state index contributed by atoms with van der Waals surface area (Å²) in [4.78, 5) is 49.3. The van der Waals surface area contributed by atoms with Crippen LogP contribution in [-0.4, -0.2) is 96.3 Å². The van der Waals surface area contributed by atoms with Crippen molar-refractivity contribution in [3.63, 3.8) is 0 Å². The zero-order valence-electron chi connectivity index (χ0n) is 35.1. The van der Waals surface area contributed by atoms with Crippen molar-refractivity contribution in [1.29, 1.82) is 0 Å². The monoisotopic (exact) mass is 810 g/mol. The largest absolute Gasteiger partial charge is 0.453 e. The van der Waals surface area contributed by atoms with E-state index in [0.29, 0.717) is 38.4 Å². The molecule has 0 radical (unpaired) electrons. The van der Waals surface area contributed by atoms with Crippen molar-refractivity contribution in [1.82, 2.24) is 19.4 Å². The van der Waals surface area contributed by atoms with Crippen molar-refractivity contribution in [2.75, 3.05) is 32.8 Å². The quantitative estimate of drug-likeness (QED) is 0.133. The molecule has 2 fully saturated rings. The fraction of sp³-hybridized carbons (Fsp3) is 0.581. The molecule has 4 atom stereocenters. The number of esters is 1. The number of halogens is 2. The molecule has 1 aromatic heterocycles. The minimum atomic E-state index is -2.42. The third-order valence-corrected chi connectivity index (χ3v) is 15.7.